The summed E-state index contributed by atoms with van der Waals surface area (Å²) in [5, 5.41) is 0. The van der Waals surface area contributed by atoms with E-state index in [-0.39, 0.29) is 37.0 Å². The van der Waals surface area contributed by atoms with E-state index in [2.05, 4.69) is 20.4 Å². The summed E-state index contributed by atoms with van der Waals surface area (Å²) in [6.45, 7) is 9.45. The Bertz CT molecular complexity index is 363. The van der Waals surface area contributed by atoms with Crippen LogP contribution in [0.2, 0.25) is 0 Å². The Hall–Kier alpha value is -0.910. The average molecular weight is 284 g/mol. The molecule has 5 nitrogen and oxygen atoms in total. The molecule has 0 aromatic carbocycles. The number of hydrogen-bond acceptors (Lipinski definition) is 5. The maximum atomic E-state index is 11.0. The molecule has 0 saturated carbocycles. The normalized spacial score (nSPS) is 34.8. The van der Waals surface area contributed by atoms with E-state index in [0.29, 0.717) is 6.42 Å². The summed E-state index contributed by atoms with van der Waals surface area (Å²) >= 11 is 0. The first-order valence-corrected chi connectivity index (χ1v) is 7.30. The van der Waals surface area contributed by atoms with Gasteiger partial charge in [-0.05, 0) is 19.3 Å². The zero-order chi connectivity index (χ0) is 14.8. The lowest BCUT2D eigenvalue weighted by Crippen LogP contribution is -2.35. The molecule has 4 atom stereocenters. The Morgan fingerprint density at radius 1 is 1.25 bits per heavy atom. The minimum Gasteiger partial charge on any atom is -0.463 e. The average Bonchev–Trinajstić information content (AvgIpc) is 2.95. The topological polar surface area (TPSA) is 54.0 Å². The van der Waals surface area contributed by atoms with E-state index >= 15 is 0 Å². The number of fused-ring (bicyclic) bond motifs is 1. The molecule has 0 aromatic rings. The van der Waals surface area contributed by atoms with Gasteiger partial charge in [-0.25, -0.2) is 0 Å². The monoisotopic (exact) mass is 284 g/mol. The highest BCUT2D eigenvalue weighted by molar-refractivity contribution is 5.65. The first-order chi connectivity index (χ1) is 9.55. The Morgan fingerprint density at radius 2 is 1.85 bits per heavy atom. The lowest BCUT2D eigenvalue weighted by molar-refractivity contribution is -0.215. The van der Waals surface area contributed by atoms with Crippen LogP contribution in [0.5, 0.6) is 0 Å². The van der Waals surface area contributed by atoms with Crippen molar-refractivity contribution in [3.8, 4) is 0 Å². The summed E-state index contributed by atoms with van der Waals surface area (Å²) in [5.74, 6) is -0.846. The van der Waals surface area contributed by atoms with Crippen molar-refractivity contribution in [2.24, 2.45) is 0 Å². The molecule has 2 aliphatic rings. The van der Waals surface area contributed by atoms with Crippen LogP contribution < -0.4 is 0 Å². The van der Waals surface area contributed by atoms with Crippen LogP contribution in [0.25, 0.3) is 0 Å². The van der Waals surface area contributed by atoms with Crippen molar-refractivity contribution in [3.05, 3.63) is 12.7 Å². The summed E-state index contributed by atoms with van der Waals surface area (Å²) in [5.41, 5.74) is 0. The molecule has 0 amide bonds. The van der Waals surface area contributed by atoms with Gasteiger partial charge in [0, 0.05) is 6.92 Å². The van der Waals surface area contributed by atoms with Crippen molar-refractivity contribution in [1.82, 2.24) is 0 Å². The predicted molar refractivity (Wildman–Crippen MR) is 73.2 cm³/mol. The van der Waals surface area contributed by atoms with Crippen molar-refractivity contribution >= 4 is 5.97 Å². The third kappa shape index (κ3) is 2.90. The highest BCUT2D eigenvalue weighted by Gasteiger charge is 2.56. The molecule has 0 N–H and O–H groups in total. The van der Waals surface area contributed by atoms with Gasteiger partial charge in [0.15, 0.2) is 5.79 Å². The van der Waals surface area contributed by atoms with Gasteiger partial charge in [0.25, 0.3) is 0 Å². The molecule has 20 heavy (non-hydrogen) atoms. The summed E-state index contributed by atoms with van der Waals surface area (Å²) in [4.78, 5) is 11.0. The quantitative estimate of drug-likeness (QED) is 0.553. The third-order valence-corrected chi connectivity index (χ3v) is 4.04. The molecular weight excluding hydrogens is 260 g/mol. The standard InChI is InChI=1S/C15H24O5/c1-5-8-11-13-14(12(18-11)9-17-10(4)16)20-15(6-2,7-3)19-13/h5,11-14H,1,6-9H2,2-4H3/t11-,12+,13-,14+/m0/s1. The van der Waals surface area contributed by atoms with Crippen molar-refractivity contribution < 1.29 is 23.7 Å². The van der Waals surface area contributed by atoms with E-state index in [4.69, 9.17) is 18.9 Å². The van der Waals surface area contributed by atoms with E-state index in [0.717, 1.165) is 12.8 Å². The second-order valence-corrected chi connectivity index (χ2v) is 5.32. The number of carbonyl (C=O) groups excluding carboxylic acids is 1. The van der Waals surface area contributed by atoms with Gasteiger partial charge in [0.05, 0.1) is 6.10 Å². The maximum absolute atomic E-state index is 11.0. The third-order valence-electron chi connectivity index (χ3n) is 4.04. The molecule has 0 aromatic heterocycles. The first kappa shape index (κ1) is 15.5. The van der Waals surface area contributed by atoms with E-state index in [1.807, 2.05) is 6.08 Å². The second-order valence-electron chi connectivity index (χ2n) is 5.32. The molecule has 5 heteroatoms. The van der Waals surface area contributed by atoms with Crippen LogP contribution in [0.3, 0.4) is 0 Å². The molecule has 2 fully saturated rings. The van der Waals surface area contributed by atoms with Crippen LogP contribution in [-0.4, -0.2) is 42.8 Å². The van der Waals surface area contributed by atoms with Gasteiger partial charge in [-0.15, -0.1) is 6.58 Å². The Balaban J connectivity index is 2.09. The van der Waals surface area contributed by atoms with Crippen LogP contribution >= 0.6 is 0 Å². The lowest BCUT2D eigenvalue weighted by atomic mass is 10.1. The van der Waals surface area contributed by atoms with Crippen LogP contribution in [0, 0.1) is 0 Å². The van der Waals surface area contributed by atoms with Crippen molar-refractivity contribution in [3.63, 3.8) is 0 Å². The largest absolute Gasteiger partial charge is 0.463 e. The molecule has 2 heterocycles. The molecule has 0 radical (unpaired) electrons. The van der Waals surface area contributed by atoms with Crippen LogP contribution in [0.15, 0.2) is 12.7 Å². The van der Waals surface area contributed by atoms with Crippen LogP contribution in [-0.2, 0) is 23.7 Å². The zero-order valence-electron chi connectivity index (χ0n) is 12.5. The van der Waals surface area contributed by atoms with Gasteiger partial charge in [-0.2, -0.15) is 0 Å². The van der Waals surface area contributed by atoms with Crippen molar-refractivity contribution in [2.75, 3.05) is 6.61 Å². The van der Waals surface area contributed by atoms with Crippen molar-refractivity contribution in [2.45, 2.75) is 70.2 Å². The minimum absolute atomic E-state index is 0.0852. The zero-order valence-corrected chi connectivity index (χ0v) is 12.5. The van der Waals surface area contributed by atoms with Gasteiger partial charge in [-0.1, -0.05) is 19.9 Å². The summed E-state index contributed by atoms with van der Waals surface area (Å²) in [6.07, 6.45) is 3.44. The molecule has 2 aliphatic heterocycles. The number of hydrogen-bond donors (Lipinski definition) is 0. The maximum Gasteiger partial charge on any atom is 0.302 e. The molecule has 2 rings (SSSR count). The highest BCUT2D eigenvalue weighted by Crippen LogP contribution is 2.43. The molecule has 0 aliphatic carbocycles. The van der Waals surface area contributed by atoms with Crippen molar-refractivity contribution in [1.29, 1.82) is 0 Å². The van der Waals surface area contributed by atoms with E-state index in [9.17, 15) is 4.79 Å². The SMILES string of the molecule is C=CC[C@@H]1O[C@H](COC(C)=O)[C@H]2OC(CC)(CC)O[C@H]21. The fourth-order valence-corrected chi connectivity index (χ4v) is 2.88. The van der Waals surface area contributed by atoms with E-state index < -0.39 is 5.79 Å². The summed E-state index contributed by atoms with van der Waals surface area (Å²) in [7, 11) is 0. The van der Waals surface area contributed by atoms with Gasteiger partial charge in [0.1, 0.15) is 24.9 Å². The number of carbonyl (C=O) groups is 1. The second kappa shape index (κ2) is 6.24. The molecule has 2 saturated heterocycles. The van der Waals surface area contributed by atoms with Gasteiger partial charge < -0.3 is 18.9 Å². The predicted octanol–water partition coefficient (Wildman–Crippen LogP) is 2.19. The number of ether oxygens (including phenoxy) is 4. The molecule has 0 bridgehead atoms. The minimum atomic E-state index is -0.535. The van der Waals surface area contributed by atoms with Gasteiger partial charge >= 0.3 is 5.97 Å². The van der Waals surface area contributed by atoms with Crippen LogP contribution in [0.1, 0.15) is 40.0 Å². The summed E-state index contributed by atoms with van der Waals surface area (Å²) < 4.78 is 23.2. The smallest absolute Gasteiger partial charge is 0.302 e. The molecule has 0 spiro atoms. The number of rotatable bonds is 6. The van der Waals surface area contributed by atoms with E-state index in [1.54, 1.807) is 0 Å². The Kier molecular flexibility index (Phi) is 4.83. The summed E-state index contributed by atoms with van der Waals surface area (Å²) in [6, 6.07) is 0. The molecule has 114 valence electrons. The Morgan fingerprint density at radius 3 is 2.35 bits per heavy atom. The van der Waals surface area contributed by atoms with Gasteiger partial charge in [0.2, 0.25) is 0 Å². The van der Waals surface area contributed by atoms with Gasteiger partial charge in [-0.3, -0.25) is 4.79 Å². The Labute approximate surface area is 120 Å². The first-order valence-electron chi connectivity index (χ1n) is 7.30. The molecular formula is C15H24O5. The van der Waals surface area contributed by atoms with Crippen LogP contribution in [0.4, 0.5) is 0 Å². The number of esters is 1. The fraction of sp³-hybridized carbons (Fsp3) is 0.800. The highest BCUT2D eigenvalue weighted by atomic mass is 16.8. The lowest BCUT2D eigenvalue weighted by Gasteiger charge is -2.28. The van der Waals surface area contributed by atoms with E-state index in [1.165, 1.54) is 6.92 Å². The molecule has 0 unspecified atom stereocenters. The fourth-order valence-electron chi connectivity index (χ4n) is 2.88.